The summed E-state index contributed by atoms with van der Waals surface area (Å²) in [4.78, 5) is 0. The Morgan fingerprint density at radius 3 is 1.53 bits per heavy atom. The fourth-order valence-corrected chi connectivity index (χ4v) is 7.68. The molecule has 4 rings (SSSR count). The van der Waals surface area contributed by atoms with Gasteiger partial charge in [0.25, 0.3) is 0 Å². The third kappa shape index (κ3) is 6.97. The molecule has 0 aromatic heterocycles. The van der Waals surface area contributed by atoms with Crippen LogP contribution in [0.2, 0.25) is 0 Å². The topological polar surface area (TPSA) is 16.6 Å². The highest BCUT2D eigenvalue weighted by molar-refractivity contribution is 5.10. The minimum atomic E-state index is 0. The second-order valence-electron chi connectivity index (χ2n) is 12.0. The van der Waals surface area contributed by atoms with Crippen LogP contribution in [0.4, 0.5) is 0 Å². The van der Waals surface area contributed by atoms with Crippen molar-refractivity contribution in [2.24, 2.45) is 23.2 Å². The Hall–Kier alpha value is 0.440. The fraction of sp³-hybridized carbons (Fsp3) is 1.00. The van der Waals surface area contributed by atoms with Gasteiger partial charge in [-0.3, -0.25) is 0 Å². The summed E-state index contributed by atoms with van der Waals surface area (Å²) in [6.07, 6.45) is 28.3. The standard InChI is InChI=1S/C28H53N.BrH/c1-4-5-6-7-8-9-10-11-12-13-14-15-16-17-18-29-28-22-24-19-25(23-28)21-26(20-24)27(28,2)3;/h24-26,29H,4-23H2,1-3H3;1H. The van der Waals surface area contributed by atoms with Gasteiger partial charge in [0.2, 0.25) is 0 Å². The number of nitrogens with two attached hydrogens (primary N) is 1. The lowest BCUT2D eigenvalue weighted by Gasteiger charge is -2.63. The molecule has 2 atom stereocenters. The van der Waals surface area contributed by atoms with Crippen molar-refractivity contribution in [1.29, 1.82) is 0 Å². The van der Waals surface area contributed by atoms with Crippen LogP contribution < -0.4 is 22.3 Å². The highest BCUT2D eigenvalue weighted by Crippen LogP contribution is 2.62. The van der Waals surface area contributed by atoms with Crippen LogP contribution in [0.25, 0.3) is 0 Å². The van der Waals surface area contributed by atoms with Crippen molar-refractivity contribution in [3.05, 3.63) is 0 Å². The van der Waals surface area contributed by atoms with Gasteiger partial charge in [0.1, 0.15) is 5.54 Å². The smallest absolute Gasteiger partial charge is 0.102 e. The number of rotatable bonds is 16. The number of unbranched alkanes of at least 4 members (excludes halogenated alkanes) is 13. The van der Waals surface area contributed by atoms with Crippen LogP contribution in [-0.2, 0) is 0 Å². The molecule has 30 heavy (non-hydrogen) atoms. The summed E-state index contributed by atoms with van der Waals surface area (Å²) >= 11 is 0. The minimum Gasteiger partial charge on any atom is -1.00 e. The lowest BCUT2D eigenvalue weighted by atomic mass is 9.43. The number of halogens is 1. The van der Waals surface area contributed by atoms with Gasteiger partial charge in [-0.05, 0) is 49.9 Å². The molecule has 0 amide bonds. The van der Waals surface area contributed by atoms with Crippen molar-refractivity contribution in [3.8, 4) is 0 Å². The van der Waals surface area contributed by atoms with Crippen LogP contribution in [0.3, 0.4) is 0 Å². The number of hydrogen-bond acceptors (Lipinski definition) is 0. The van der Waals surface area contributed by atoms with Gasteiger partial charge in [0, 0.05) is 18.3 Å². The Labute approximate surface area is 200 Å². The van der Waals surface area contributed by atoms with Gasteiger partial charge >= 0.3 is 0 Å². The van der Waals surface area contributed by atoms with Gasteiger partial charge in [-0.1, -0.05) is 97.8 Å². The van der Waals surface area contributed by atoms with Gasteiger partial charge in [-0.25, -0.2) is 0 Å². The molecule has 2 unspecified atom stereocenters. The molecule has 0 aliphatic heterocycles. The Balaban J connectivity index is 0.00000320. The van der Waals surface area contributed by atoms with E-state index in [2.05, 4.69) is 26.1 Å². The normalized spacial score (nSPS) is 31.1. The van der Waals surface area contributed by atoms with Crippen LogP contribution in [0.5, 0.6) is 0 Å². The highest BCUT2D eigenvalue weighted by atomic mass is 79.9. The first-order valence-electron chi connectivity index (χ1n) is 13.9. The minimum absolute atomic E-state index is 0. The maximum atomic E-state index is 2.86. The van der Waals surface area contributed by atoms with Crippen molar-refractivity contribution in [1.82, 2.24) is 0 Å². The Morgan fingerprint density at radius 1 is 0.633 bits per heavy atom. The van der Waals surface area contributed by atoms with Crippen molar-refractivity contribution in [2.75, 3.05) is 6.54 Å². The number of quaternary nitrogens is 1. The van der Waals surface area contributed by atoms with E-state index in [9.17, 15) is 0 Å². The van der Waals surface area contributed by atoms with Crippen molar-refractivity contribution >= 4 is 0 Å². The van der Waals surface area contributed by atoms with E-state index in [-0.39, 0.29) is 17.0 Å². The predicted octanol–water partition coefficient (Wildman–Crippen LogP) is 4.64. The molecule has 178 valence electrons. The molecule has 2 N–H and O–H groups in total. The summed E-state index contributed by atoms with van der Waals surface area (Å²) in [6.45, 7) is 8.95. The summed E-state index contributed by atoms with van der Waals surface area (Å²) in [5, 5.41) is 2.86. The van der Waals surface area contributed by atoms with Crippen molar-refractivity contribution in [2.45, 2.75) is 148 Å². The van der Waals surface area contributed by atoms with Crippen LogP contribution in [0, 0.1) is 23.2 Å². The molecule has 4 saturated carbocycles. The maximum Gasteiger partial charge on any atom is 0.102 e. The first-order chi connectivity index (χ1) is 14.1. The zero-order valence-electron chi connectivity index (χ0n) is 20.8. The van der Waals surface area contributed by atoms with Crippen LogP contribution >= 0.6 is 0 Å². The molecule has 2 heteroatoms. The molecular formula is C28H54BrN. The van der Waals surface area contributed by atoms with Crippen molar-refractivity contribution < 1.29 is 22.3 Å². The van der Waals surface area contributed by atoms with E-state index in [4.69, 9.17) is 0 Å². The lowest BCUT2D eigenvalue weighted by Crippen LogP contribution is -3.02. The molecule has 4 aliphatic carbocycles. The molecule has 0 heterocycles. The second-order valence-corrected chi connectivity index (χ2v) is 12.0. The molecule has 0 aromatic rings. The number of hydrogen-bond donors (Lipinski definition) is 1. The second kappa shape index (κ2) is 13.2. The molecular weight excluding hydrogens is 430 g/mol. The fourth-order valence-electron chi connectivity index (χ4n) is 7.68. The van der Waals surface area contributed by atoms with E-state index in [1.807, 2.05) is 0 Å². The van der Waals surface area contributed by atoms with Crippen LogP contribution in [-0.4, -0.2) is 12.1 Å². The summed E-state index contributed by atoms with van der Waals surface area (Å²) in [7, 11) is 0. The average molecular weight is 485 g/mol. The summed E-state index contributed by atoms with van der Waals surface area (Å²) in [6, 6.07) is 0. The van der Waals surface area contributed by atoms with Crippen LogP contribution in [0.1, 0.15) is 143 Å². The molecule has 1 nitrogen and oxygen atoms in total. The Bertz CT molecular complexity index is 446. The van der Waals surface area contributed by atoms with Crippen LogP contribution in [0.15, 0.2) is 0 Å². The molecule has 0 radical (unpaired) electrons. The monoisotopic (exact) mass is 483 g/mol. The zero-order chi connectivity index (χ0) is 20.6. The quantitative estimate of drug-likeness (QED) is 0.308. The van der Waals surface area contributed by atoms with E-state index in [0.717, 1.165) is 17.8 Å². The lowest BCUT2D eigenvalue weighted by molar-refractivity contribution is -0.755. The van der Waals surface area contributed by atoms with E-state index in [0.29, 0.717) is 11.0 Å². The van der Waals surface area contributed by atoms with Gasteiger partial charge in [-0.2, -0.15) is 0 Å². The molecule has 4 bridgehead atoms. The van der Waals surface area contributed by atoms with E-state index in [1.165, 1.54) is 109 Å². The SMILES string of the molecule is CCCCCCCCCCCCCCCC[NH2+]C12CC3CC(CC(C3)C1(C)C)C2.[Br-]. The molecule has 4 fully saturated rings. The van der Waals surface area contributed by atoms with E-state index in [1.54, 1.807) is 19.3 Å². The molecule has 0 saturated heterocycles. The Morgan fingerprint density at radius 2 is 1.07 bits per heavy atom. The summed E-state index contributed by atoms with van der Waals surface area (Å²) in [5.41, 5.74) is 1.19. The highest BCUT2D eigenvalue weighted by Gasteiger charge is 2.63. The third-order valence-corrected chi connectivity index (χ3v) is 9.60. The van der Waals surface area contributed by atoms with Gasteiger partial charge in [0.15, 0.2) is 0 Å². The van der Waals surface area contributed by atoms with E-state index < -0.39 is 0 Å². The van der Waals surface area contributed by atoms with Gasteiger partial charge in [-0.15, -0.1) is 0 Å². The van der Waals surface area contributed by atoms with Gasteiger partial charge < -0.3 is 22.3 Å². The Kier molecular flexibility index (Phi) is 11.8. The first-order valence-corrected chi connectivity index (χ1v) is 13.9. The largest absolute Gasteiger partial charge is 1.00 e. The summed E-state index contributed by atoms with van der Waals surface area (Å²) < 4.78 is 0. The predicted molar refractivity (Wildman–Crippen MR) is 127 cm³/mol. The third-order valence-electron chi connectivity index (χ3n) is 9.60. The maximum absolute atomic E-state index is 2.86. The van der Waals surface area contributed by atoms with Gasteiger partial charge in [0.05, 0.1) is 6.54 Å². The summed E-state index contributed by atoms with van der Waals surface area (Å²) in [5.74, 6) is 3.18. The van der Waals surface area contributed by atoms with Crippen molar-refractivity contribution in [3.63, 3.8) is 0 Å². The van der Waals surface area contributed by atoms with E-state index >= 15 is 0 Å². The molecule has 0 spiro atoms. The molecule has 4 aliphatic rings. The molecule has 0 aromatic carbocycles. The zero-order valence-corrected chi connectivity index (χ0v) is 22.4. The average Bonchev–Trinajstić information content (AvgIpc) is 2.69. The first kappa shape index (κ1) is 26.7.